The quantitative estimate of drug-likeness (QED) is 0.812. The second-order valence-electron chi connectivity index (χ2n) is 4.76. The Morgan fingerprint density at radius 1 is 1.05 bits per heavy atom. The van der Waals surface area contributed by atoms with Crippen LogP contribution < -0.4 is 15.8 Å². The summed E-state index contributed by atoms with van der Waals surface area (Å²) in [5.74, 6) is 0.881. The molecule has 2 rings (SSSR count). The Hall–Kier alpha value is -1.84. The molecule has 0 fully saturated rings. The summed E-state index contributed by atoms with van der Waals surface area (Å²) >= 11 is 0. The lowest BCUT2D eigenvalue weighted by molar-refractivity contribution is 0.414. The fraction of sp³-hybridized carbons (Fsp3) is 0.294. The number of hydrogen-bond acceptors (Lipinski definition) is 3. The number of nitrogens with one attached hydrogen (secondary N) is 1. The molecule has 3 N–H and O–H groups in total. The Morgan fingerprint density at radius 3 is 2.35 bits per heavy atom. The van der Waals surface area contributed by atoms with Gasteiger partial charge in [-0.1, -0.05) is 42.5 Å². The van der Waals surface area contributed by atoms with E-state index in [4.69, 9.17) is 10.5 Å². The first-order valence-corrected chi connectivity index (χ1v) is 6.95. The second kappa shape index (κ2) is 7.68. The third kappa shape index (κ3) is 4.08. The van der Waals surface area contributed by atoms with Crippen LogP contribution in [0.2, 0.25) is 0 Å². The van der Waals surface area contributed by atoms with E-state index in [-0.39, 0.29) is 6.04 Å². The van der Waals surface area contributed by atoms with Crippen LogP contribution in [0.15, 0.2) is 54.6 Å². The average Bonchev–Trinajstić information content (AvgIpc) is 2.52. The smallest absolute Gasteiger partial charge is 0.118 e. The first-order valence-electron chi connectivity index (χ1n) is 6.95. The van der Waals surface area contributed by atoms with Gasteiger partial charge in [0.25, 0.3) is 0 Å². The lowest BCUT2D eigenvalue weighted by Gasteiger charge is -2.19. The fourth-order valence-corrected chi connectivity index (χ4v) is 2.25. The SMILES string of the molecule is COc1ccc(C(Cc2ccccc2)NCCN)cc1. The molecule has 0 radical (unpaired) electrons. The summed E-state index contributed by atoms with van der Waals surface area (Å²) < 4.78 is 5.21. The third-order valence-corrected chi connectivity index (χ3v) is 3.34. The van der Waals surface area contributed by atoms with Crippen molar-refractivity contribution in [2.45, 2.75) is 12.5 Å². The highest BCUT2D eigenvalue weighted by molar-refractivity contribution is 5.30. The highest BCUT2D eigenvalue weighted by Gasteiger charge is 2.11. The van der Waals surface area contributed by atoms with E-state index < -0.39 is 0 Å². The lowest BCUT2D eigenvalue weighted by Crippen LogP contribution is -2.28. The molecule has 0 aliphatic carbocycles. The van der Waals surface area contributed by atoms with Crippen LogP contribution in [0.3, 0.4) is 0 Å². The van der Waals surface area contributed by atoms with Crippen molar-refractivity contribution in [2.24, 2.45) is 5.73 Å². The van der Waals surface area contributed by atoms with E-state index in [1.807, 2.05) is 18.2 Å². The van der Waals surface area contributed by atoms with Gasteiger partial charge in [-0.3, -0.25) is 0 Å². The van der Waals surface area contributed by atoms with Gasteiger partial charge in [0.1, 0.15) is 5.75 Å². The molecule has 3 nitrogen and oxygen atoms in total. The summed E-state index contributed by atoms with van der Waals surface area (Å²) in [5, 5.41) is 3.51. The summed E-state index contributed by atoms with van der Waals surface area (Å²) in [4.78, 5) is 0. The molecule has 0 aromatic heterocycles. The Kier molecular flexibility index (Phi) is 5.59. The number of methoxy groups -OCH3 is 1. The molecule has 0 spiro atoms. The fourth-order valence-electron chi connectivity index (χ4n) is 2.25. The van der Waals surface area contributed by atoms with Gasteiger partial charge in [0.2, 0.25) is 0 Å². The molecule has 1 unspecified atom stereocenters. The number of hydrogen-bond donors (Lipinski definition) is 2. The van der Waals surface area contributed by atoms with Crippen molar-refractivity contribution in [2.75, 3.05) is 20.2 Å². The number of rotatable bonds is 7. The van der Waals surface area contributed by atoms with Crippen molar-refractivity contribution in [3.63, 3.8) is 0 Å². The molecular weight excluding hydrogens is 248 g/mol. The average molecular weight is 270 g/mol. The van der Waals surface area contributed by atoms with Crippen molar-refractivity contribution >= 4 is 0 Å². The van der Waals surface area contributed by atoms with Crippen LogP contribution in [0.1, 0.15) is 17.2 Å². The summed E-state index contributed by atoms with van der Waals surface area (Å²) in [6.45, 7) is 1.45. The van der Waals surface area contributed by atoms with Gasteiger partial charge in [0, 0.05) is 19.1 Å². The maximum atomic E-state index is 5.61. The zero-order chi connectivity index (χ0) is 14.2. The minimum Gasteiger partial charge on any atom is -0.497 e. The van der Waals surface area contributed by atoms with Crippen LogP contribution in [0.5, 0.6) is 5.75 Å². The van der Waals surface area contributed by atoms with Crippen molar-refractivity contribution < 1.29 is 4.74 Å². The molecule has 0 aliphatic rings. The van der Waals surface area contributed by atoms with Crippen LogP contribution in [-0.4, -0.2) is 20.2 Å². The van der Waals surface area contributed by atoms with Gasteiger partial charge in [0.05, 0.1) is 7.11 Å². The van der Waals surface area contributed by atoms with Crippen LogP contribution in [0.25, 0.3) is 0 Å². The summed E-state index contributed by atoms with van der Waals surface area (Å²) in [7, 11) is 1.68. The van der Waals surface area contributed by atoms with Gasteiger partial charge in [-0.25, -0.2) is 0 Å². The molecule has 0 saturated carbocycles. The highest BCUT2D eigenvalue weighted by Crippen LogP contribution is 2.21. The van der Waals surface area contributed by atoms with Gasteiger partial charge in [-0.05, 0) is 29.7 Å². The maximum Gasteiger partial charge on any atom is 0.118 e. The Balaban J connectivity index is 2.13. The molecule has 0 aliphatic heterocycles. The second-order valence-corrected chi connectivity index (χ2v) is 4.76. The predicted octanol–water partition coefficient (Wildman–Crippen LogP) is 2.53. The molecule has 3 heteroatoms. The molecule has 20 heavy (non-hydrogen) atoms. The highest BCUT2D eigenvalue weighted by atomic mass is 16.5. The Bertz CT molecular complexity index is 496. The normalized spacial score (nSPS) is 12.1. The number of benzene rings is 2. The predicted molar refractivity (Wildman–Crippen MR) is 82.9 cm³/mol. The summed E-state index contributed by atoms with van der Waals surface area (Å²) in [6.07, 6.45) is 0.952. The van der Waals surface area contributed by atoms with E-state index >= 15 is 0 Å². The topological polar surface area (TPSA) is 47.3 Å². The molecule has 2 aromatic rings. The largest absolute Gasteiger partial charge is 0.497 e. The van der Waals surface area contributed by atoms with E-state index in [2.05, 4.69) is 41.7 Å². The number of ether oxygens (including phenoxy) is 1. The molecule has 1 atom stereocenters. The van der Waals surface area contributed by atoms with Crippen LogP contribution >= 0.6 is 0 Å². The Labute approximate surface area is 120 Å². The van der Waals surface area contributed by atoms with E-state index in [1.165, 1.54) is 11.1 Å². The van der Waals surface area contributed by atoms with Crippen molar-refractivity contribution in [3.8, 4) is 5.75 Å². The lowest BCUT2D eigenvalue weighted by atomic mass is 9.98. The zero-order valence-electron chi connectivity index (χ0n) is 11.9. The molecule has 0 bridgehead atoms. The molecule has 2 aromatic carbocycles. The summed E-state index contributed by atoms with van der Waals surface area (Å²) in [6, 6.07) is 19.0. The molecule has 106 valence electrons. The number of nitrogens with two attached hydrogens (primary N) is 1. The van der Waals surface area contributed by atoms with Crippen molar-refractivity contribution in [1.29, 1.82) is 0 Å². The Morgan fingerprint density at radius 2 is 1.75 bits per heavy atom. The summed E-state index contributed by atoms with van der Waals surface area (Å²) in [5.41, 5.74) is 8.18. The van der Waals surface area contributed by atoms with Gasteiger partial charge >= 0.3 is 0 Å². The molecule has 0 heterocycles. The first kappa shape index (κ1) is 14.6. The van der Waals surface area contributed by atoms with Gasteiger partial charge in [-0.15, -0.1) is 0 Å². The van der Waals surface area contributed by atoms with Crippen molar-refractivity contribution in [1.82, 2.24) is 5.32 Å². The monoisotopic (exact) mass is 270 g/mol. The van der Waals surface area contributed by atoms with E-state index in [9.17, 15) is 0 Å². The molecule has 0 saturated heterocycles. The van der Waals surface area contributed by atoms with E-state index in [0.717, 1.165) is 18.7 Å². The zero-order valence-corrected chi connectivity index (χ0v) is 11.9. The van der Waals surface area contributed by atoms with Gasteiger partial charge in [0.15, 0.2) is 0 Å². The van der Waals surface area contributed by atoms with Crippen LogP contribution in [0, 0.1) is 0 Å². The third-order valence-electron chi connectivity index (χ3n) is 3.34. The standard InChI is InChI=1S/C17H22N2O/c1-20-16-9-7-15(8-10-16)17(19-12-11-18)13-14-5-3-2-4-6-14/h2-10,17,19H,11-13,18H2,1H3. The minimum atomic E-state index is 0.270. The molecular formula is C17H22N2O. The van der Waals surface area contributed by atoms with Crippen LogP contribution in [0.4, 0.5) is 0 Å². The first-order chi connectivity index (χ1) is 9.83. The molecule has 0 amide bonds. The minimum absolute atomic E-state index is 0.270. The van der Waals surface area contributed by atoms with Gasteiger partial charge in [-0.2, -0.15) is 0 Å². The van der Waals surface area contributed by atoms with Gasteiger partial charge < -0.3 is 15.8 Å². The van der Waals surface area contributed by atoms with E-state index in [0.29, 0.717) is 6.54 Å². The van der Waals surface area contributed by atoms with E-state index in [1.54, 1.807) is 7.11 Å². The van der Waals surface area contributed by atoms with Crippen LogP contribution in [-0.2, 0) is 6.42 Å². The maximum absolute atomic E-state index is 5.61. The van der Waals surface area contributed by atoms with Crippen molar-refractivity contribution in [3.05, 3.63) is 65.7 Å².